The van der Waals surface area contributed by atoms with Crippen LogP contribution in [0.3, 0.4) is 0 Å². The summed E-state index contributed by atoms with van der Waals surface area (Å²) in [5.74, 6) is -0.115. The van der Waals surface area contributed by atoms with Gasteiger partial charge in [-0.15, -0.1) is 0 Å². The number of carboxylic acid groups (broad SMARTS) is 1. The molecule has 0 fully saturated rings. The van der Waals surface area contributed by atoms with Crippen LogP contribution in [0.25, 0.3) is 0 Å². The lowest BCUT2D eigenvalue weighted by molar-refractivity contribution is 0.0447. The predicted octanol–water partition coefficient (Wildman–Crippen LogP) is 2.73. The van der Waals surface area contributed by atoms with Crippen molar-refractivity contribution in [2.75, 3.05) is 33.1 Å². The van der Waals surface area contributed by atoms with E-state index in [0.29, 0.717) is 18.1 Å². The molecule has 0 unspecified atom stereocenters. The summed E-state index contributed by atoms with van der Waals surface area (Å²) >= 11 is 0. The van der Waals surface area contributed by atoms with Crippen LogP contribution in [0.4, 0.5) is 11.5 Å². The van der Waals surface area contributed by atoms with Crippen LogP contribution in [0, 0.1) is 0 Å². The van der Waals surface area contributed by atoms with Crippen molar-refractivity contribution in [2.24, 2.45) is 0 Å². The number of carboxylic acids is 1. The topological polar surface area (TPSA) is 117 Å². The zero-order valence-corrected chi connectivity index (χ0v) is 16.6. The molecular weight excluding hydrogens is 392 g/mol. The first-order valence-electron chi connectivity index (χ1n) is 8.95. The van der Waals surface area contributed by atoms with Crippen molar-refractivity contribution in [1.82, 2.24) is 14.8 Å². The fraction of sp³-hybridized carbons (Fsp3) is 0.250. The summed E-state index contributed by atoms with van der Waals surface area (Å²) in [5.41, 5.74) is 1.16. The fourth-order valence-electron chi connectivity index (χ4n) is 2.72. The molecule has 0 spiro atoms. The van der Waals surface area contributed by atoms with Gasteiger partial charge in [0.1, 0.15) is 22.9 Å². The van der Waals surface area contributed by atoms with Crippen LogP contribution >= 0.6 is 0 Å². The van der Waals surface area contributed by atoms with Crippen molar-refractivity contribution < 1.29 is 28.8 Å². The fourth-order valence-corrected chi connectivity index (χ4v) is 2.72. The predicted molar refractivity (Wildman–Crippen MR) is 107 cm³/mol. The number of aromatic carboxylic acids is 1. The molecule has 1 aromatic carbocycles. The number of aromatic nitrogens is 3. The van der Waals surface area contributed by atoms with Crippen molar-refractivity contribution in [2.45, 2.75) is 6.54 Å². The summed E-state index contributed by atoms with van der Waals surface area (Å²) < 4.78 is 22.5. The van der Waals surface area contributed by atoms with E-state index in [4.69, 9.17) is 18.9 Å². The standard InChI is InChI=1S/C20H22N4O6/c1-27-12-29-15-8-16(19(20(25)26)17(9-15)30-13-28-2)23-18-5-7-22-24(18)11-14-4-3-6-21-10-14/h3-10,23H,11-13H2,1-2H3,(H,25,26). The lowest BCUT2D eigenvalue weighted by Gasteiger charge is -2.17. The Hall–Kier alpha value is -3.63. The first kappa shape index (κ1) is 21.1. The minimum Gasteiger partial charge on any atom is -0.477 e. The lowest BCUT2D eigenvalue weighted by Crippen LogP contribution is -2.12. The Morgan fingerprint density at radius 1 is 1.13 bits per heavy atom. The molecule has 10 heteroatoms. The van der Waals surface area contributed by atoms with Crippen molar-refractivity contribution >= 4 is 17.5 Å². The van der Waals surface area contributed by atoms with Crippen LogP contribution in [-0.4, -0.2) is 53.6 Å². The smallest absolute Gasteiger partial charge is 0.341 e. The molecule has 2 aromatic heterocycles. The summed E-state index contributed by atoms with van der Waals surface area (Å²) in [6.07, 6.45) is 5.05. The number of ether oxygens (including phenoxy) is 4. The van der Waals surface area contributed by atoms with Crippen molar-refractivity contribution in [3.8, 4) is 11.5 Å². The third-order valence-corrected chi connectivity index (χ3v) is 4.00. The summed E-state index contributed by atoms with van der Waals surface area (Å²) in [4.78, 5) is 16.1. The van der Waals surface area contributed by atoms with Crippen LogP contribution in [-0.2, 0) is 16.0 Å². The van der Waals surface area contributed by atoms with E-state index in [1.165, 1.54) is 20.3 Å². The highest BCUT2D eigenvalue weighted by Crippen LogP contribution is 2.34. The maximum Gasteiger partial charge on any atom is 0.341 e. The molecule has 2 heterocycles. The van der Waals surface area contributed by atoms with Crippen molar-refractivity contribution in [3.05, 3.63) is 60.0 Å². The highest BCUT2D eigenvalue weighted by Gasteiger charge is 2.21. The molecule has 3 aromatic rings. The average molecular weight is 414 g/mol. The third-order valence-electron chi connectivity index (χ3n) is 4.00. The highest BCUT2D eigenvalue weighted by molar-refractivity contribution is 5.98. The number of methoxy groups -OCH3 is 2. The number of pyridine rings is 1. The Balaban J connectivity index is 1.96. The zero-order valence-electron chi connectivity index (χ0n) is 16.6. The van der Waals surface area contributed by atoms with E-state index in [0.717, 1.165) is 5.56 Å². The summed E-state index contributed by atoms with van der Waals surface area (Å²) in [6, 6.07) is 8.53. The number of nitrogens with one attached hydrogen (secondary N) is 1. The van der Waals surface area contributed by atoms with Crippen LogP contribution in [0.15, 0.2) is 48.9 Å². The van der Waals surface area contributed by atoms with E-state index < -0.39 is 5.97 Å². The van der Waals surface area contributed by atoms with Crippen LogP contribution in [0.2, 0.25) is 0 Å². The number of carbonyl (C=O) groups is 1. The molecule has 10 nitrogen and oxygen atoms in total. The molecule has 0 bridgehead atoms. The minimum atomic E-state index is -1.17. The molecule has 0 atom stereocenters. The highest BCUT2D eigenvalue weighted by atomic mass is 16.7. The Labute approximate surface area is 173 Å². The van der Waals surface area contributed by atoms with Gasteiger partial charge in [-0.1, -0.05) is 6.07 Å². The number of hydrogen-bond acceptors (Lipinski definition) is 8. The normalized spacial score (nSPS) is 10.6. The minimum absolute atomic E-state index is 0.00544. The quantitative estimate of drug-likeness (QED) is 0.457. The molecule has 2 N–H and O–H groups in total. The second-order valence-electron chi connectivity index (χ2n) is 6.11. The summed E-state index contributed by atoms with van der Waals surface area (Å²) in [5, 5.41) is 17.2. The van der Waals surface area contributed by atoms with E-state index in [1.54, 1.807) is 35.4 Å². The molecule has 3 rings (SSSR count). The first-order valence-corrected chi connectivity index (χ1v) is 8.95. The van der Waals surface area contributed by atoms with Gasteiger partial charge in [-0.2, -0.15) is 5.10 Å². The van der Waals surface area contributed by atoms with Crippen LogP contribution < -0.4 is 14.8 Å². The Bertz CT molecular complexity index is 977. The van der Waals surface area contributed by atoms with Gasteiger partial charge in [0.15, 0.2) is 13.6 Å². The van der Waals surface area contributed by atoms with E-state index in [9.17, 15) is 9.90 Å². The van der Waals surface area contributed by atoms with Gasteiger partial charge in [-0.25, -0.2) is 9.48 Å². The van der Waals surface area contributed by atoms with Gasteiger partial charge in [0.2, 0.25) is 0 Å². The van der Waals surface area contributed by atoms with E-state index in [1.807, 2.05) is 12.1 Å². The Morgan fingerprint density at radius 2 is 1.93 bits per heavy atom. The third kappa shape index (κ3) is 5.25. The number of nitrogens with zero attached hydrogens (tertiary/aromatic N) is 3. The largest absolute Gasteiger partial charge is 0.477 e. The van der Waals surface area contributed by atoms with Gasteiger partial charge in [-0.3, -0.25) is 4.98 Å². The first-order chi connectivity index (χ1) is 14.6. The number of hydrogen-bond donors (Lipinski definition) is 2. The van der Waals surface area contributed by atoms with E-state index in [-0.39, 0.29) is 30.6 Å². The molecule has 30 heavy (non-hydrogen) atoms. The number of anilines is 2. The van der Waals surface area contributed by atoms with Gasteiger partial charge >= 0.3 is 5.97 Å². The maximum absolute atomic E-state index is 12.0. The molecular formula is C20H22N4O6. The van der Waals surface area contributed by atoms with Crippen molar-refractivity contribution in [1.29, 1.82) is 0 Å². The maximum atomic E-state index is 12.0. The van der Waals surface area contributed by atoms with Gasteiger partial charge < -0.3 is 29.4 Å². The second-order valence-corrected chi connectivity index (χ2v) is 6.11. The van der Waals surface area contributed by atoms with Gasteiger partial charge in [0, 0.05) is 44.8 Å². The van der Waals surface area contributed by atoms with Gasteiger partial charge in [0.25, 0.3) is 0 Å². The average Bonchev–Trinajstić information content (AvgIpc) is 3.17. The SMILES string of the molecule is COCOc1cc(Nc2ccnn2Cc2cccnc2)c(C(=O)O)c(OCOC)c1. The molecule has 0 amide bonds. The summed E-state index contributed by atoms with van der Waals surface area (Å²) in [7, 11) is 2.94. The molecule has 0 saturated carbocycles. The molecule has 0 aliphatic rings. The monoisotopic (exact) mass is 414 g/mol. The molecule has 0 saturated heterocycles. The van der Waals surface area contributed by atoms with Crippen LogP contribution in [0.1, 0.15) is 15.9 Å². The molecule has 0 aliphatic carbocycles. The molecule has 158 valence electrons. The Morgan fingerprint density at radius 3 is 2.63 bits per heavy atom. The Kier molecular flexibility index (Phi) is 7.19. The van der Waals surface area contributed by atoms with Crippen molar-refractivity contribution in [3.63, 3.8) is 0 Å². The second kappa shape index (κ2) is 10.2. The van der Waals surface area contributed by atoms with E-state index >= 15 is 0 Å². The molecule has 0 aliphatic heterocycles. The summed E-state index contributed by atoms with van der Waals surface area (Å²) in [6.45, 7) is 0.333. The lowest BCUT2D eigenvalue weighted by atomic mass is 10.1. The van der Waals surface area contributed by atoms with Crippen LogP contribution in [0.5, 0.6) is 11.5 Å². The molecule has 0 radical (unpaired) electrons. The number of benzene rings is 1. The number of rotatable bonds is 11. The van der Waals surface area contributed by atoms with Gasteiger partial charge in [0.05, 0.1) is 18.4 Å². The van der Waals surface area contributed by atoms with Gasteiger partial charge in [-0.05, 0) is 11.6 Å². The van der Waals surface area contributed by atoms with E-state index in [2.05, 4.69) is 15.4 Å². The zero-order chi connectivity index (χ0) is 21.3.